The second-order valence-corrected chi connectivity index (χ2v) is 5.98. The molecule has 0 unspecified atom stereocenters. The number of aliphatic hydroxyl groups excluding tert-OH is 1. The topological polar surface area (TPSA) is 41.9 Å². The summed E-state index contributed by atoms with van der Waals surface area (Å²) in [5.74, 6) is 1.56. The van der Waals surface area contributed by atoms with Gasteiger partial charge in [-0.05, 0) is 62.9 Å². The molecule has 1 aromatic carbocycles. The molecule has 1 aliphatic heterocycles. The lowest BCUT2D eigenvalue weighted by atomic mass is 10.0. The van der Waals surface area contributed by atoms with E-state index in [1.54, 1.807) is 14.2 Å². The molecule has 1 fully saturated rings. The van der Waals surface area contributed by atoms with Gasteiger partial charge in [0.2, 0.25) is 0 Å². The molecule has 1 aromatic rings. The van der Waals surface area contributed by atoms with Crippen molar-refractivity contribution < 1.29 is 14.6 Å². The van der Waals surface area contributed by atoms with E-state index >= 15 is 0 Å². The van der Waals surface area contributed by atoms with Gasteiger partial charge < -0.3 is 14.6 Å². The van der Waals surface area contributed by atoms with Crippen molar-refractivity contribution >= 4 is 0 Å². The first kappa shape index (κ1) is 16.1. The molecule has 0 amide bonds. The van der Waals surface area contributed by atoms with E-state index < -0.39 is 0 Å². The summed E-state index contributed by atoms with van der Waals surface area (Å²) in [6.07, 6.45) is 3.01. The number of benzene rings is 1. The van der Waals surface area contributed by atoms with E-state index in [9.17, 15) is 5.11 Å². The third-order valence-corrected chi connectivity index (χ3v) is 4.33. The monoisotopic (exact) mass is 293 g/mol. The van der Waals surface area contributed by atoms with Crippen molar-refractivity contribution in [3.05, 3.63) is 23.3 Å². The lowest BCUT2D eigenvalue weighted by Gasteiger charge is -2.26. The predicted molar refractivity (Wildman–Crippen MR) is 84.0 cm³/mol. The maximum Gasteiger partial charge on any atom is 0.161 e. The molecule has 0 aliphatic carbocycles. The van der Waals surface area contributed by atoms with E-state index in [1.165, 1.54) is 24.0 Å². The molecule has 4 heteroatoms. The van der Waals surface area contributed by atoms with Crippen LogP contribution in [0.4, 0.5) is 0 Å². The lowest BCUT2D eigenvalue weighted by Crippen LogP contribution is -2.31. The van der Waals surface area contributed by atoms with E-state index in [0.29, 0.717) is 6.04 Å². The Morgan fingerprint density at radius 1 is 1.29 bits per heavy atom. The third kappa shape index (κ3) is 3.89. The Morgan fingerprint density at radius 2 is 1.95 bits per heavy atom. The van der Waals surface area contributed by atoms with Crippen LogP contribution in [0.25, 0.3) is 0 Å². The highest BCUT2D eigenvalue weighted by atomic mass is 16.5. The normalized spacial score (nSPS) is 20.5. The molecule has 1 heterocycles. The zero-order valence-electron chi connectivity index (χ0n) is 13.6. The van der Waals surface area contributed by atoms with Crippen molar-refractivity contribution in [2.45, 2.75) is 51.8 Å². The molecule has 118 valence electrons. The molecule has 0 aromatic heterocycles. The first-order valence-electron chi connectivity index (χ1n) is 7.68. The number of hydrogen-bond acceptors (Lipinski definition) is 4. The first-order valence-corrected chi connectivity index (χ1v) is 7.68. The van der Waals surface area contributed by atoms with Crippen molar-refractivity contribution in [3.8, 4) is 11.5 Å². The van der Waals surface area contributed by atoms with Crippen LogP contribution in [0.5, 0.6) is 11.5 Å². The zero-order chi connectivity index (χ0) is 15.4. The van der Waals surface area contributed by atoms with Crippen LogP contribution >= 0.6 is 0 Å². The van der Waals surface area contributed by atoms with Gasteiger partial charge in [-0.15, -0.1) is 0 Å². The van der Waals surface area contributed by atoms with Gasteiger partial charge in [0.25, 0.3) is 0 Å². The third-order valence-electron chi connectivity index (χ3n) is 4.33. The Labute approximate surface area is 127 Å². The fourth-order valence-electron chi connectivity index (χ4n) is 3.18. The Morgan fingerprint density at radius 3 is 2.57 bits per heavy atom. The lowest BCUT2D eigenvalue weighted by molar-refractivity contribution is 0.130. The van der Waals surface area contributed by atoms with Gasteiger partial charge in [-0.2, -0.15) is 0 Å². The summed E-state index contributed by atoms with van der Waals surface area (Å²) in [4.78, 5) is 2.47. The highest BCUT2D eigenvalue weighted by Gasteiger charge is 2.26. The molecular formula is C17H27NO3. The van der Waals surface area contributed by atoms with E-state index in [1.807, 2.05) is 13.0 Å². The number of aliphatic hydroxyl groups is 1. The largest absolute Gasteiger partial charge is 0.493 e. The summed E-state index contributed by atoms with van der Waals surface area (Å²) in [5, 5.41) is 9.64. The van der Waals surface area contributed by atoms with Gasteiger partial charge in [-0.1, -0.05) is 0 Å². The predicted octanol–water partition coefficient (Wildman–Crippen LogP) is 2.75. The number of methoxy groups -OCH3 is 2. The number of likely N-dealkylation sites (tertiary alicyclic amines) is 1. The van der Waals surface area contributed by atoms with Gasteiger partial charge in [-0.3, -0.25) is 4.90 Å². The fourth-order valence-corrected chi connectivity index (χ4v) is 3.18. The van der Waals surface area contributed by atoms with Crippen molar-refractivity contribution in [2.75, 3.05) is 20.8 Å². The molecule has 0 saturated carbocycles. The van der Waals surface area contributed by atoms with Crippen LogP contribution in [0.15, 0.2) is 12.1 Å². The Hall–Kier alpha value is -1.26. The minimum absolute atomic E-state index is 0.234. The van der Waals surface area contributed by atoms with E-state index in [2.05, 4.69) is 17.9 Å². The molecule has 1 aliphatic rings. The Kier molecular flexibility index (Phi) is 5.48. The van der Waals surface area contributed by atoms with Gasteiger partial charge >= 0.3 is 0 Å². The standard InChI is InChI=1S/C17H27NO3/c1-12-8-16(20-3)17(21-4)10-14(12)11-18-7-5-6-15(18)9-13(2)19/h8,10,13,15,19H,5-7,9,11H2,1-4H3/t13-,15+/m0/s1. The zero-order valence-corrected chi connectivity index (χ0v) is 13.6. The summed E-state index contributed by atoms with van der Waals surface area (Å²) in [7, 11) is 3.33. The Bertz CT molecular complexity index is 473. The molecule has 21 heavy (non-hydrogen) atoms. The van der Waals surface area contributed by atoms with Crippen LogP contribution in [0.1, 0.15) is 37.3 Å². The highest BCUT2D eigenvalue weighted by Crippen LogP contribution is 2.32. The van der Waals surface area contributed by atoms with Crippen LogP contribution in [0, 0.1) is 6.92 Å². The Balaban J connectivity index is 2.15. The SMILES string of the molecule is COc1cc(C)c(CN2CCC[C@@H]2C[C@H](C)O)cc1OC. The summed E-state index contributed by atoms with van der Waals surface area (Å²) in [5.41, 5.74) is 2.49. The molecule has 2 rings (SSSR count). The van der Waals surface area contributed by atoms with Crippen molar-refractivity contribution in [1.82, 2.24) is 4.90 Å². The molecule has 0 bridgehead atoms. The fraction of sp³-hybridized carbons (Fsp3) is 0.647. The summed E-state index contributed by atoms with van der Waals surface area (Å²) < 4.78 is 10.7. The van der Waals surface area contributed by atoms with Gasteiger partial charge in [-0.25, -0.2) is 0 Å². The van der Waals surface area contributed by atoms with Gasteiger partial charge in [0.15, 0.2) is 11.5 Å². The molecule has 1 saturated heterocycles. The summed E-state index contributed by atoms with van der Waals surface area (Å²) >= 11 is 0. The maximum atomic E-state index is 9.64. The number of ether oxygens (including phenoxy) is 2. The number of hydrogen-bond donors (Lipinski definition) is 1. The maximum absolute atomic E-state index is 9.64. The van der Waals surface area contributed by atoms with Crippen molar-refractivity contribution in [3.63, 3.8) is 0 Å². The van der Waals surface area contributed by atoms with Crippen LogP contribution in [0.2, 0.25) is 0 Å². The van der Waals surface area contributed by atoms with Crippen LogP contribution in [-0.2, 0) is 6.54 Å². The molecule has 4 nitrogen and oxygen atoms in total. The molecule has 0 radical (unpaired) electrons. The minimum Gasteiger partial charge on any atom is -0.493 e. The molecule has 1 N–H and O–H groups in total. The van der Waals surface area contributed by atoms with E-state index in [0.717, 1.165) is 31.0 Å². The molecule has 2 atom stereocenters. The van der Waals surface area contributed by atoms with Crippen molar-refractivity contribution in [2.24, 2.45) is 0 Å². The summed E-state index contributed by atoms with van der Waals surface area (Å²) in [6, 6.07) is 4.59. The second-order valence-electron chi connectivity index (χ2n) is 5.98. The van der Waals surface area contributed by atoms with Gasteiger partial charge in [0.1, 0.15) is 0 Å². The van der Waals surface area contributed by atoms with Gasteiger partial charge in [0.05, 0.1) is 20.3 Å². The van der Waals surface area contributed by atoms with Crippen LogP contribution in [-0.4, -0.2) is 42.9 Å². The summed E-state index contributed by atoms with van der Waals surface area (Å²) in [6.45, 7) is 5.99. The van der Waals surface area contributed by atoms with Gasteiger partial charge in [0, 0.05) is 12.6 Å². The second kappa shape index (κ2) is 7.14. The van der Waals surface area contributed by atoms with E-state index in [-0.39, 0.29) is 6.10 Å². The minimum atomic E-state index is -0.234. The molecular weight excluding hydrogens is 266 g/mol. The number of rotatable bonds is 6. The number of nitrogens with zero attached hydrogens (tertiary/aromatic N) is 1. The van der Waals surface area contributed by atoms with E-state index in [4.69, 9.17) is 9.47 Å². The first-order chi connectivity index (χ1) is 10.0. The smallest absolute Gasteiger partial charge is 0.161 e. The number of aryl methyl sites for hydroxylation is 1. The van der Waals surface area contributed by atoms with Crippen molar-refractivity contribution in [1.29, 1.82) is 0 Å². The average molecular weight is 293 g/mol. The molecule has 0 spiro atoms. The van der Waals surface area contributed by atoms with Crippen LogP contribution in [0.3, 0.4) is 0 Å². The quantitative estimate of drug-likeness (QED) is 0.875. The highest BCUT2D eigenvalue weighted by molar-refractivity contribution is 5.47. The van der Waals surface area contributed by atoms with Crippen LogP contribution < -0.4 is 9.47 Å². The average Bonchev–Trinajstić information content (AvgIpc) is 2.87.